The molecule has 116 valence electrons. The fourth-order valence-corrected chi connectivity index (χ4v) is 2.06. The molecule has 0 unspecified atom stereocenters. The molecule has 1 aromatic carbocycles. The average molecular weight is 292 g/mol. The molecule has 1 amide bonds. The van der Waals surface area contributed by atoms with E-state index in [9.17, 15) is 9.59 Å². The number of benzene rings is 1. The molecule has 1 aromatic rings. The number of carbonyl (C=O) groups is 2. The topological polar surface area (TPSA) is 69.6 Å². The number of nitrogens with one attached hydrogen (secondary N) is 1. The molecular formula is C16H24N2O3. The third-order valence-corrected chi connectivity index (χ3v) is 3.00. The van der Waals surface area contributed by atoms with Gasteiger partial charge in [0, 0.05) is 37.7 Å². The zero-order valence-corrected chi connectivity index (χ0v) is 12.7. The number of aliphatic carboxylic acids is 1. The second-order valence-corrected chi connectivity index (χ2v) is 5.29. The Morgan fingerprint density at radius 1 is 1.14 bits per heavy atom. The number of amides is 1. The minimum Gasteiger partial charge on any atom is -0.481 e. The number of carboxylic acid groups (broad SMARTS) is 1. The third-order valence-electron chi connectivity index (χ3n) is 3.00. The fraction of sp³-hybridized carbons (Fsp3) is 0.500. The molecule has 0 atom stereocenters. The van der Waals surface area contributed by atoms with Crippen molar-refractivity contribution in [3.05, 3.63) is 30.3 Å². The summed E-state index contributed by atoms with van der Waals surface area (Å²) in [5, 5.41) is 11.6. The van der Waals surface area contributed by atoms with E-state index in [0.717, 1.165) is 5.69 Å². The SMILES string of the molecule is CC(C)NC(=O)CCN(CCCC(=O)O)c1ccccc1. The number of hydrogen-bond acceptors (Lipinski definition) is 3. The highest BCUT2D eigenvalue weighted by Gasteiger charge is 2.10. The van der Waals surface area contributed by atoms with Crippen LogP contribution in [-0.2, 0) is 9.59 Å². The number of rotatable bonds is 9. The number of hydrogen-bond donors (Lipinski definition) is 2. The van der Waals surface area contributed by atoms with Crippen LogP contribution in [0.5, 0.6) is 0 Å². The van der Waals surface area contributed by atoms with E-state index in [0.29, 0.717) is 25.9 Å². The van der Waals surface area contributed by atoms with E-state index >= 15 is 0 Å². The summed E-state index contributed by atoms with van der Waals surface area (Å²) in [5.41, 5.74) is 1.01. The Kier molecular flexibility index (Phi) is 7.29. The first-order chi connectivity index (χ1) is 9.99. The molecular weight excluding hydrogens is 268 g/mol. The van der Waals surface area contributed by atoms with E-state index < -0.39 is 5.97 Å². The largest absolute Gasteiger partial charge is 0.481 e. The first kappa shape index (κ1) is 17.0. The summed E-state index contributed by atoms with van der Waals surface area (Å²) >= 11 is 0. The molecule has 0 fully saturated rings. The van der Waals surface area contributed by atoms with Gasteiger partial charge in [0.2, 0.25) is 5.91 Å². The van der Waals surface area contributed by atoms with Gasteiger partial charge in [-0.15, -0.1) is 0 Å². The third kappa shape index (κ3) is 7.34. The van der Waals surface area contributed by atoms with E-state index in [4.69, 9.17) is 5.11 Å². The number of carboxylic acids is 1. The van der Waals surface area contributed by atoms with E-state index in [1.54, 1.807) is 0 Å². The number of carbonyl (C=O) groups excluding carboxylic acids is 1. The summed E-state index contributed by atoms with van der Waals surface area (Å²) in [6.07, 6.45) is 1.11. The van der Waals surface area contributed by atoms with E-state index in [1.165, 1.54) is 0 Å². The van der Waals surface area contributed by atoms with Gasteiger partial charge in [-0.2, -0.15) is 0 Å². The number of para-hydroxylation sites is 1. The molecule has 1 rings (SSSR count). The highest BCUT2D eigenvalue weighted by atomic mass is 16.4. The van der Waals surface area contributed by atoms with Crippen molar-refractivity contribution in [2.24, 2.45) is 0 Å². The number of anilines is 1. The Morgan fingerprint density at radius 3 is 2.38 bits per heavy atom. The molecule has 0 spiro atoms. The Balaban J connectivity index is 2.56. The molecule has 21 heavy (non-hydrogen) atoms. The second kappa shape index (κ2) is 9.00. The molecule has 0 aliphatic rings. The lowest BCUT2D eigenvalue weighted by molar-refractivity contribution is -0.137. The molecule has 5 nitrogen and oxygen atoms in total. The van der Waals surface area contributed by atoms with E-state index in [-0.39, 0.29) is 18.4 Å². The van der Waals surface area contributed by atoms with Crippen LogP contribution in [0.25, 0.3) is 0 Å². The quantitative estimate of drug-likeness (QED) is 0.732. The normalized spacial score (nSPS) is 10.4. The van der Waals surface area contributed by atoms with Gasteiger partial charge < -0.3 is 15.3 Å². The Hall–Kier alpha value is -2.04. The standard InChI is InChI=1S/C16H24N2O3/c1-13(2)17-15(19)10-12-18(11-6-9-16(20)21)14-7-4-3-5-8-14/h3-5,7-8,13H,6,9-12H2,1-2H3,(H,17,19)(H,20,21). The lowest BCUT2D eigenvalue weighted by Gasteiger charge is -2.24. The molecule has 0 aliphatic carbocycles. The number of nitrogens with zero attached hydrogens (tertiary/aromatic N) is 1. The van der Waals surface area contributed by atoms with Crippen LogP contribution in [0.1, 0.15) is 33.1 Å². The van der Waals surface area contributed by atoms with Crippen LogP contribution in [0, 0.1) is 0 Å². The van der Waals surface area contributed by atoms with Crippen LogP contribution < -0.4 is 10.2 Å². The van der Waals surface area contributed by atoms with Crippen molar-refractivity contribution >= 4 is 17.6 Å². The van der Waals surface area contributed by atoms with Gasteiger partial charge in [-0.3, -0.25) is 9.59 Å². The van der Waals surface area contributed by atoms with Crippen molar-refractivity contribution in [2.45, 2.75) is 39.2 Å². The molecule has 0 saturated carbocycles. The van der Waals surface area contributed by atoms with Crippen LogP contribution in [0.3, 0.4) is 0 Å². The summed E-state index contributed by atoms with van der Waals surface area (Å²) in [7, 11) is 0. The van der Waals surface area contributed by atoms with Crippen LogP contribution in [0.4, 0.5) is 5.69 Å². The summed E-state index contributed by atoms with van der Waals surface area (Å²) < 4.78 is 0. The molecule has 0 radical (unpaired) electrons. The molecule has 2 N–H and O–H groups in total. The highest BCUT2D eigenvalue weighted by molar-refractivity contribution is 5.76. The Labute approximate surface area is 126 Å². The van der Waals surface area contributed by atoms with Crippen molar-refractivity contribution in [1.29, 1.82) is 0 Å². The van der Waals surface area contributed by atoms with E-state index in [2.05, 4.69) is 10.2 Å². The first-order valence-corrected chi connectivity index (χ1v) is 7.30. The van der Waals surface area contributed by atoms with Crippen LogP contribution in [-0.4, -0.2) is 36.1 Å². The summed E-state index contributed by atoms with van der Waals surface area (Å²) in [6, 6.07) is 9.89. The van der Waals surface area contributed by atoms with Crippen molar-refractivity contribution in [2.75, 3.05) is 18.0 Å². The smallest absolute Gasteiger partial charge is 0.303 e. The van der Waals surface area contributed by atoms with Gasteiger partial charge in [-0.05, 0) is 32.4 Å². The van der Waals surface area contributed by atoms with Gasteiger partial charge in [0.15, 0.2) is 0 Å². The van der Waals surface area contributed by atoms with Crippen molar-refractivity contribution in [3.63, 3.8) is 0 Å². The molecule has 0 aliphatic heterocycles. The van der Waals surface area contributed by atoms with Crippen molar-refractivity contribution < 1.29 is 14.7 Å². The fourth-order valence-electron chi connectivity index (χ4n) is 2.06. The molecule has 0 saturated heterocycles. The van der Waals surface area contributed by atoms with Gasteiger partial charge in [-0.25, -0.2) is 0 Å². The minimum atomic E-state index is -0.791. The monoisotopic (exact) mass is 292 g/mol. The molecule has 0 heterocycles. The van der Waals surface area contributed by atoms with Crippen molar-refractivity contribution in [1.82, 2.24) is 5.32 Å². The maximum absolute atomic E-state index is 11.7. The van der Waals surface area contributed by atoms with Crippen LogP contribution in [0.2, 0.25) is 0 Å². The lowest BCUT2D eigenvalue weighted by Crippen LogP contribution is -2.34. The van der Waals surface area contributed by atoms with Crippen LogP contribution in [0.15, 0.2) is 30.3 Å². The highest BCUT2D eigenvalue weighted by Crippen LogP contribution is 2.14. The average Bonchev–Trinajstić information content (AvgIpc) is 2.42. The molecule has 0 bridgehead atoms. The van der Waals surface area contributed by atoms with Gasteiger partial charge >= 0.3 is 5.97 Å². The van der Waals surface area contributed by atoms with Gasteiger partial charge in [-0.1, -0.05) is 18.2 Å². The Morgan fingerprint density at radius 2 is 1.81 bits per heavy atom. The summed E-state index contributed by atoms with van der Waals surface area (Å²) in [5.74, 6) is -0.773. The van der Waals surface area contributed by atoms with E-state index in [1.807, 2.05) is 44.2 Å². The zero-order valence-electron chi connectivity index (χ0n) is 12.7. The predicted octanol–water partition coefficient (Wildman–Crippen LogP) is 2.27. The van der Waals surface area contributed by atoms with Crippen molar-refractivity contribution in [3.8, 4) is 0 Å². The first-order valence-electron chi connectivity index (χ1n) is 7.30. The van der Waals surface area contributed by atoms with Gasteiger partial charge in [0.1, 0.15) is 0 Å². The van der Waals surface area contributed by atoms with Gasteiger partial charge in [0.05, 0.1) is 0 Å². The summed E-state index contributed by atoms with van der Waals surface area (Å²) in [6.45, 7) is 5.08. The lowest BCUT2D eigenvalue weighted by atomic mass is 10.2. The summed E-state index contributed by atoms with van der Waals surface area (Å²) in [4.78, 5) is 24.4. The predicted molar refractivity (Wildman–Crippen MR) is 83.4 cm³/mol. The molecule has 5 heteroatoms. The Bertz CT molecular complexity index is 446. The van der Waals surface area contributed by atoms with Gasteiger partial charge in [0.25, 0.3) is 0 Å². The maximum atomic E-state index is 11.7. The molecule has 0 aromatic heterocycles. The second-order valence-electron chi connectivity index (χ2n) is 5.29. The maximum Gasteiger partial charge on any atom is 0.303 e. The van der Waals surface area contributed by atoms with Crippen LogP contribution >= 0.6 is 0 Å². The minimum absolute atomic E-state index is 0.0177. The zero-order chi connectivity index (χ0) is 15.7.